The molecule has 1 radical (unpaired) electrons. The summed E-state index contributed by atoms with van der Waals surface area (Å²) in [6.45, 7) is 9.04. The zero-order valence-corrected chi connectivity index (χ0v) is 9.41. The van der Waals surface area contributed by atoms with Gasteiger partial charge in [-0.15, -0.1) is 0 Å². The van der Waals surface area contributed by atoms with Crippen molar-refractivity contribution in [3.63, 3.8) is 0 Å². The maximum absolute atomic E-state index is 3.63. The average molecular weight is 177 g/mol. The molecule has 1 atom stereocenters. The van der Waals surface area contributed by atoms with Gasteiger partial charge in [-0.05, 0) is 42.9 Å². The SMILES string of the molecule is CCC1=[C]C(CC)C(CC)=C1CC. The van der Waals surface area contributed by atoms with Gasteiger partial charge >= 0.3 is 0 Å². The highest BCUT2D eigenvalue weighted by atomic mass is 14.3. The first kappa shape index (κ1) is 10.6. The lowest BCUT2D eigenvalue weighted by molar-refractivity contribution is 0.688. The maximum Gasteiger partial charge on any atom is 0.00572 e. The molecule has 1 aliphatic rings. The Morgan fingerprint density at radius 2 is 1.69 bits per heavy atom. The van der Waals surface area contributed by atoms with Crippen LogP contribution in [0.3, 0.4) is 0 Å². The average Bonchev–Trinajstić information content (AvgIpc) is 2.54. The third-order valence-corrected chi connectivity index (χ3v) is 3.02. The summed E-state index contributed by atoms with van der Waals surface area (Å²) < 4.78 is 0. The van der Waals surface area contributed by atoms with Crippen LogP contribution in [0.1, 0.15) is 53.4 Å². The van der Waals surface area contributed by atoms with E-state index in [-0.39, 0.29) is 0 Å². The predicted molar refractivity (Wildman–Crippen MR) is 58.4 cm³/mol. The second-order valence-corrected chi connectivity index (χ2v) is 3.65. The van der Waals surface area contributed by atoms with Crippen LogP contribution in [0, 0.1) is 12.0 Å². The van der Waals surface area contributed by atoms with Crippen molar-refractivity contribution in [3.8, 4) is 0 Å². The van der Waals surface area contributed by atoms with E-state index in [2.05, 4.69) is 33.8 Å². The summed E-state index contributed by atoms with van der Waals surface area (Å²) in [5.74, 6) is 0.634. The van der Waals surface area contributed by atoms with Crippen LogP contribution in [-0.2, 0) is 0 Å². The smallest absolute Gasteiger partial charge is 0.00572 e. The van der Waals surface area contributed by atoms with Gasteiger partial charge in [0.2, 0.25) is 0 Å². The van der Waals surface area contributed by atoms with Gasteiger partial charge in [0.1, 0.15) is 0 Å². The fourth-order valence-electron chi connectivity index (χ4n) is 2.35. The second kappa shape index (κ2) is 4.64. The third-order valence-electron chi connectivity index (χ3n) is 3.02. The number of hydrogen-bond donors (Lipinski definition) is 0. The highest BCUT2D eigenvalue weighted by Crippen LogP contribution is 2.37. The molecule has 0 aromatic rings. The van der Waals surface area contributed by atoms with Crippen LogP contribution in [-0.4, -0.2) is 0 Å². The van der Waals surface area contributed by atoms with Crippen LogP contribution in [0.4, 0.5) is 0 Å². The normalized spacial score (nSPS) is 22.5. The Morgan fingerprint density at radius 3 is 2.08 bits per heavy atom. The fraction of sp³-hybridized carbons (Fsp3) is 0.692. The van der Waals surface area contributed by atoms with Crippen molar-refractivity contribution in [1.82, 2.24) is 0 Å². The minimum Gasteiger partial charge on any atom is -0.0645 e. The van der Waals surface area contributed by atoms with Crippen molar-refractivity contribution in [2.75, 3.05) is 0 Å². The number of allylic oxidation sites excluding steroid dienone is 4. The summed E-state index contributed by atoms with van der Waals surface area (Å²) in [4.78, 5) is 0. The molecule has 0 spiro atoms. The molecule has 0 nitrogen and oxygen atoms in total. The third kappa shape index (κ3) is 1.87. The molecule has 0 saturated heterocycles. The molecule has 0 fully saturated rings. The Kier molecular flexibility index (Phi) is 3.77. The Balaban J connectivity index is 2.96. The van der Waals surface area contributed by atoms with Crippen LogP contribution in [0.25, 0.3) is 0 Å². The molecule has 0 aromatic heterocycles. The van der Waals surface area contributed by atoms with E-state index in [1.807, 2.05) is 0 Å². The van der Waals surface area contributed by atoms with Crippen molar-refractivity contribution < 1.29 is 0 Å². The van der Waals surface area contributed by atoms with Crippen LogP contribution in [0.2, 0.25) is 0 Å². The molecule has 1 unspecified atom stereocenters. The van der Waals surface area contributed by atoms with E-state index in [0.29, 0.717) is 5.92 Å². The van der Waals surface area contributed by atoms with Crippen molar-refractivity contribution in [1.29, 1.82) is 0 Å². The van der Waals surface area contributed by atoms with Gasteiger partial charge in [-0.2, -0.15) is 0 Å². The van der Waals surface area contributed by atoms with Crippen molar-refractivity contribution in [2.45, 2.75) is 53.4 Å². The Bertz CT molecular complexity index is 230. The minimum absolute atomic E-state index is 0.634. The standard InChI is InChI=1S/C13H21/c1-5-10-9-11(6-2)13(8-4)12(10)7-3/h10H,5-8H2,1-4H3. The lowest BCUT2D eigenvalue weighted by atomic mass is 9.94. The molecule has 1 rings (SSSR count). The largest absolute Gasteiger partial charge is 0.0645 e. The van der Waals surface area contributed by atoms with Gasteiger partial charge < -0.3 is 0 Å². The molecule has 1 aliphatic carbocycles. The number of hydrogen-bond acceptors (Lipinski definition) is 0. The highest BCUT2D eigenvalue weighted by Gasteiger charge is 2.21. The van der Waals surface area contributed by atoms with E-state index in [1.54, 1.807) is 11.1 Å². The summed E-state index contributed by atoms with van der Waals surface area (Å²) in [5, 5.41) is 0. The summed E-state index contributed by atoms with van der Waals surface area (Å²) in [5.41, 5.74) is 4.75. The van der Waals surface area contributed by atoms with E-state index in [1.165, 1.54) is 24.8 Å². The van der Waals surface area contributed by atoms with Gasteiger partial charge in [-0.1, -0.05) is 33.3 Å². The minimum atomic E-state index is 0.634. The molecule has 0 saturated carbocycles. The van der Waals surface area contributed by atoms with Gasteiger partial charge in [0, 0.05) is 5.92 Å². The van der Waals surface area contributed by atoms with E-state index in [4.69, 9.17) is 0 Å². The molecule has 0 heteroatoms. The second-order valence-electron chi connectivity index (χ2n) is 3.65. The van der Waals surface area contributed by atoms with Crippen LogP contribution in [0.5, 0.6) is 0 Å². The van der Waals surface area contributed by atoms with Gasteiger partial charge in [-0.25, -0.2) is 0 Å². The molecular formula is C13H21. The lowest BCUT2D eigenvalue weighted by Crippen LogP contribution is -1.96. The fourth-order valence-corrected chi connectivity index (χ4v) is 2.35. The van der Waals surface area contributed by atoms with E-state index in [0.717, 1.165) is 6.42 Å². The molecule has 0 aromatic carbocycles. The summed E-state index contributed by atoms with van der Waals surface area (Å²) in [6.07, 6.45) is 8.41. The molecule has 0 N–H and O–H groups in total. The molecule has 0 amide bonds. The van der Waals surface area contributed by atoms with Gasteiger partial charge in [0.25, 0.3) is 0 Å². The van der Waals surface area contributed by atoms with Gasteiger partial charge in [-0.3, -0.25) is 0 Å². The van der Waals surface area contributed by atoms with E-state index < -0.39 is 0 Å². The maximum atomic E-state index is 3.63. The Labute approximate surface area is 82.7 Å². The zero-order valence-electron chi connectivity index (χ0n) is 9.41. The van der Waals surface area contributed by atoms with E-state index in [9.17, 15) is 0 Å². The zero-order chi connectivity index (χ0) is 9.84. The summed E-state index contributed by atoms with van der Waals surface area (Å²) in [7, 11) is 0. The molecule has 0 bridgehead atoms. The molecule has 73 valence electrons. The lowest BCUT2D eigenvalue weighted by Gasteiger charge is -2.11. The predicted octanol–water partition coefficient (Wildman–Crippen LogP) is 4.28. The number of rotatable bonds is 4. The van der Waals surface area contributed by atoms with Crippen molar-refractivity contribution in [3.05, 3.63) is 22.8 Å². The van der Waals surface area contributed by atoms with Crippen LogP contribution in [0.15, 0.2) is 16.7 Å². The first-order valence-corrected chi connectivity index (χ1v) is 5.62. The summed E-state index contributed by atoms with van der Waals surface area (Å²) in [6, 6.07) is 0. The molecule has 13 heavy (non-hydrogen) atoms. The monoisotopic (exact) mass is 177 g/mol. The Morgan fingerprint density at radius 1 is 1.00 bits per heavy atom. The van der Waals surface area contributed by atoms with Gasteiger partial charge in [0.15, 0.2) is 0 Å². The van der Waals surface area contributed by atoms with Crippen LogP contribution < -0.4 is 0 Å². The van der Waals surface area contributed by atoms with Crippen molar-refractivity contribution in [2.24, 2.45) is 5.92 Å². The quantitative estimate of drug-likeness (QED) is 0.601. The topological polar surface area (TPSA) is 0 Å². The molecule has 0 aliphatic heterocycles. The van der Waals surface area contributed by atoms with Gasteiger partial charge in [0.05, 0.1) is 0 Å². The Hall–Kier alpha value is -0.520. The van der Waals surface area contributed by atoms with E-state index >= 15 is 0 Å². The molecular weight excluding hydrogens is 156 g/mol. The van der Waals surface area contributed by atoms with Crippen LogP contribution >= 0.6 is 0 Å². The molecule has 0 heterocycles. The highest BCUT2D eigenvalue weighted by molar-refractivity contribution is 5.41. The van der Waals surface area contributed by atoms with Crippen molar-refractivity contribution >= 4 is 0 Å². The first-order valence-electron chi connectivity index (χ1n) is 5.62. The summed E-state index contributed by atoms with van der Waals surface area (Å²) >= 11 is 0. The first-order chi connectivity index (χ1) is 6.28.